The summed E-state index contributed by atoms with van der Waals surface area (Å²) < 4.78 is 0. The third kappa shape index (κ3) is 2.28. The molecule has 2 aromatic carbocycles. The van der Waals surface area contributed by atoms with Crippen LogP contribution in [0.15, 0.2) is 52.6 Å². The standard InChI is InChI=1S/C16H16N4/c1-18-16(17)20-19-10-11-6-7-15-13(8-11)9-12-4-2-3-5-14(12)15/h2-8,10H,9H2,1H3,(H3,17,18,20). The molecule has 100 valence electrons. The summed E-state index contributed by atoms with van der Waals surface area (Å²) in [6.45, 7) is 0. The van der Waals surface area contributed by atoms with Crippen molar-refractivity contribution in [2.24, 2.45) is 15.8 Å². The Hall–Kier alpha value is -2.62. The lowest BCUT2D eigenvalue weighted by Crippen LogP contribution is -2.26. The Kier molecular flexibility index (Phi) is 3.21. The Balaban J connectivity index is 1.84. The van der Waals surface area contributed by atoms with Crippen LogP contribution in [0.4, 0.5) is 0 Å². The topological polar surface area (TPSA) is 62.8 Å². The van der Waals surface area contributed by atoms with Gasteiger partial charge in [-0.3, -0.25) is 4.99 Å². The average molecular weight is 264 g/mol. The molecule has 0 aromatic heterocycles. The normalized spacial score (nSPS) is 13.3. The van der Waals surface area contributed by atoms with Crippen LogP contribution in [0.5, 0.6) is 0 Å². The van der Waals surface area contributed by atoms with Gasteiger partial charge in [-0.05, 0) is 40.3 Å². The number of hydrogen-bond acceptors (Lipinski definition) is 2. The van der Waals surface area contributed by atoms with Gasteiger partial charge in [0, 0.05) is 7.05 Å². The lowest BCUT2D eigenvalue weighted by atomic mass is 10.0. The van der Waals surface area contributed by atoms with Crippen LogP contribution < -0.4 is 11.2 Å². The minimum atomic E-state index is 0.301. The van der Waals surface area contributed by atoms with Gasteiger partial charge in [-0.15, -0.1) is 0 Å². The zero-order chi connectivity index (χ0) is 13.9. The summed E-state index contributed by atoms with van der Waals surface area (Å²) in [4.78, 5) is 3.77. The summed E-state index contributed by atoms with van der Waals surface area (Å²) in [5.41, 5.74) is 14.6. The molecule has 0 saturated carbocycles. The van der Waals surface area contributed by atoms with Gasteiger partial charge in [0.2, 0.25) is 5.96 Å². The van der Waals surface area contributed by atoms with E-state index in [1.165, 1.54) is 22.3 Å². The zero-order valence-corrected chi connectivity index (χ0v) is 11.3. The fraction of sp³-hybridized carbons (Fsp3) is 0.125. The van der Waals surface area contributed by atoms with Crippen molar-refractivity contribution in [3.05, 3.63) is 59.2 Å². The maximum Gasteiger partial charge on any atom is 0.209 e. The van der Waals surface area contributed by atoms with Gasteiger partial charge in [0.15, 0.2) is 0 Å². The molecule has 0 amide bonds. The number of rotatable bonds is 2. The molecule has 3 N–H and O–H groups in total. The van der Waals surface area contributed by atoms with Crippen molar-refractivity contribution in [2.45, 2.75) is 6.42 Å². The van der Waals surface area contributed by atoms with Gasteiger partial charge in [0.05, 0.1) is 6.21 Å². The zero-order valence-electron chi connectivity index (χ0n) is 11.3. The van der Waals surface area contributed by atoms with Crippen LogP contribution in [0.25, 0.3) is 11.1 Å². The molecule has 1 aliphatic rings. The van der Waals surface area contributed by atoms with E-state index < -0.39 is 0 Å². The molecule has 0 fully saturated rings. The summed E-state index contributed by atoms with van der Waals surface area (Å²) in [5.74, 6) is 0.301. The number of guanidine groups is 1. The Morgan fingerprint density at radius 2 is 1.95 bits per heavy atom. The van der Waals surface area contributed by atoms with Gasteiger partial charge >= 0.3 is 0 Å². The van der Waals surface area contributed by atoms with Crippen molar-refractivity contribution >= 4 is 12.2 Å². The fourth-order valence-corrected chi connectivity index (χ4v) is 2.47. The maximum absolute atomic E-state index is 5.51. The number of fused-ring (bicyclic) bond motifs is 3. The first-order valence-electron chi connectivity index (χ1n) is 6.50. The van der Waals surface area contributed by atoms with E-state index >= 15 is 0 Å². The molecule has 0 spiro atoms. The molecule has 0 radical (unpaired) electrons. The molecular weight excluding hydrogens is 248 g/mol. The number of hydrazone groups is 1. The molecule has 4 heteroatoms. The Morgan fingerprint density at radius 1 is 1.15 bits per heavy atom. The number of hydrogen-bond donors (Lipinski definition) is 2. The number of aliphatic imine (C=N–C) groups is 1. The van der Waals surface area contributed by atoms with Gasteiger partial charge in [-0.2, -0.15) is 5.10 Å². The van der Waals surface area contributed by atoms with Crippen molar-refractivity contribution in [1.29, 1.82) is 0 Å². The first kappa shape index (κ1) is 12.4. The quantitative estimate of drug-likeness (QED) is 0.423. The maximum atomic E-state index is 5.51. The molecule has 0 bridgehead atoms. The number of benzene rings is 2. The van der Waals surface area contributed by atoms with Gasteiger partial charge < -0.3 is 5.73 Å². The Morgan fingerprint density at radius 3 is 2.80 bits per heavy atom. The van der Waals surface area contributed by atoms with Crippen LogP contribution >= 0.6 is 0 Å². The summed E-state index contributed by atoms with van der Waals surface area (Å²) in [7, 11) is 1.62. The summed E-state index contributed by atoms with van der Waals surface area (Å²) in [6, 6.07) is 14.9. The summed E-state index contributed by atoms with van der Waals surface area (Å²) >= 11 is 0. The molecule has 20 heavy (non-hydrogen) atoms. The smallest absolute Gasteiger partial charge is 0.209 e. The van der Waals surface area contributed by atoms with Crippen molar-refractivity contribution in [3.8, 4) is 11.1 Å². The van der Waals surface area contributed by atoms with Gasteiger partial charge in [0.1, 0.15) is 0 Å². The number of nitrogens with two attached hydrogens (primary N) is 1. The molecule has 2 aromatic rings. The van der Waals surface area contributed by atoms with E-state index in [-0.39, 0.29) is 0 Å². The largest absolute Gasteiger partial charge is 0.369 e. The highest BCUT2D eigenvalue weighted by Crippen LogP contribution is 2.36. The van der Waals surface area contributed by atoms with Crippen LogP contribution in [-0.4, -0.2) is 19.2 Å². The second kappa shape index (κ2) is 5.17. The molecule has 0 heterocycles. The average Bonchev–Trinajstić information content (AvgIpc) is 2.84. The molecule has 0 aliphatic heterocycles. The first-order valence-corrected chi connectivity index (χ1v) is 6.50. The lowest BCUT2D eigenvalue weighted by molar-refractivity contribution is 1.01. The molecule has 0 atom stereocenters. The minimum Gasteiger partial charge on any atom is -0.369 e. The van der Waals surface area contributed by atoms with E-state index in [4.69, 9.17) is 5.73 Å². The Bertz CT molecular complexity index is 701. The lowest BCUT2D eigenvalue weighted by Gasteiger charge is -2.02. The molecule has 0 unspecified atom stereocenters. The van der Waals surface area contributed by atoms with E-state index in [9.17, 15) is 0 Å². The van der Waals surface area contributed by atoms with Crippen LogP contribution in [0.3, 0.4) is 0 Å². The van der Waals surface area contributed by atoms with Crippen molar-refractivity contribution < 1.29 is 0 Å². The van der Waals surface area contributed by atoms with Crippen LogP contribution in [0.1, 0.15) is 16.7 Å². The van der Waals surface area contributed by atoms with E-state index in [0.717, 1.165) is 12.0 Å². The molecule has 3 rings (SSSR count). The SMILES string of the molecule is CN=C(N)NN=Cc1ccc2c(c1)Cc1ccccc1-2. The van der Waals surface area contributed by atoms with E-state index in [0.29, 0.717) is 5.96 Å². The first-order chi connectivity index (χ1) is 9.78. The highest BCUT2D eigenvalue weighted by molar-refractivity contribution is 5.86. The second-order valence-corrected chi connectivity index (χ2v) is 4.73. The van der Waals surface area contributed by atoms with E-state index in [1.54, 1.807) is 13.3 Å². The highest BCUT2D eigenvalue weighted by atomic mass is 15.3. The minimum absolute atomic E-state index is 0.301. The predicted molar refractivity (Wildman–Crippen MR) is 83.0 cm³/mol. The predicted octanol–water partition coefficient (Wildman–Crippen LogP) is 2.13. The Labute approximate surface area is 118 Å². The van der Waals surface area contributed by atoms with Crippen molar-refractivity contribution in [1.82, 2.24) is 5.43 Å². The molecular formula is C16H16N4. The molecule has 4 nitrogen and oxygen atoms in total. The van der Waals surface area contributed by atoms with Gasteiger partial charge in [0.25, 0.3) is 0 Å². The highest BCUT2D eigenvalue weighted by Gasteiger charge is 2.17. The summed E-state index contributed by atoms with van der Waals surface area (Å²) in [6.07, 6.45) is 2.74. The van der Waals surface area contributed by atoms with Crippen LogP contribution in [-0.2, 0) is 6.42 Å². The second-order valence-electron chi connectivity index (χ2n) is 4.73. The number of nitrogens with one attached hydrogen (secondary N) is 1. The van der Waals surface area contributed by atoms with Crippen LogP contribution in [0.2, 0.25) is 0 Å². The van der Waals surface area contributed by atoms with E-state index in [2.05, 4.69) is 58.0 Å². The van der Waals surface area contributed by atoms with Gasteiger partial charge in [-0.1, -0.05) is 36.4 Å². The van der Waals surface area contributed by atoms with Crippen molar-refractivity contribution in [3.63, 3.8) is 0 Å². The monoisotopic (exact) mass is 264 g/mol. The third-order valence-corrected chi connectivity index (χ3v) is 3.45. The fourth-order valence-electron chi connectivity index (χ4n) is 2.47. The number of nitrogens with zero attached hydrogens (tertiary/aromatic N) is 2. The van der Waals surface area contributed by atoms with E-state index in [1.807, 2.05) is 0 Å². The third-order valence-electron chi connectivity index (χ3n) is 3.45. The van der Waals surface area contributed by atoms with Crippen LogP contribution in [0, 0.1) is 0 Å². The van der Waals surface area contributed by atoms with Crippen molar-refractivity contribution in [2.75, 3.05) is 7.05 Å². The van der Waals surface area contributed by atoms with Gasteiger partial charge in [-0.25, -0.2) is 5.43 Å². The molecule has 1 aliphatic carbocycles. The molecule has 0 saturated heterocycles. The summed E-state index contributed by atoms with van der Waals surface area (Å²) in [5, 5.41) is 4.06.